The summed E-state index contributed by atoms with van der Waals surface area (Å²) in [4.78, 5) is 31.2. The van der Waals surface area contributed by atoms with E-state index in [-0.39, 0.29) is 5.91 Å². The highest BCUT2D eigenvalue weighted by Gasteiger charge is 2.36. The van der Waals surface area contributed by atoms with Crippen molar-refractivity contribution in [3.05, 3.63) is 71.0 Å². The highest BCUT2D eigenvalue weighted by molar-refractivity contribution is 6.33. The minimum absolute atomic E-state index is 0.296. The number of esters is 1. The molecule has 0 aliphatic carbocycles. The van der Waals surface area contributed by atoms with Crippen LogP contribution in [0.5, 0.6) is 0 Å². The molecule has 27 heavy (non-hydrogen) atoms. The molecule has 0 saturated carbocycles. The van der Waals surface area contributed by atoms with E-state index in [9.17, 15) is 9.59 Å². The number of hydroxylamine groups is 1. The van der Waals surface area contributed by atoms with E-state index in [0.29, 0.717) is 22.7 Å². The summed E-state index contributed by atoms with van der Waals surface area (Å²) in [7, 11) is 2.76. The third kappa shape index (κ3) is 3.97. The van der Waals surface area contributed by atoms with Gasteiger partial charge in [0, 0.05) is 28.8 Å². The Kier molecular flexibility index (Phi) is 5.78. The maximum absolute atomic E-state index is 12.9. The third-order valence-electron chi connectivity index (χ3n) is 4.30. The van der Waals surface area contributed by atoms with Gasteiger partial charge >= 0.3 is 5.97 Å². The molecule has 3 rings (SSSR count). The van der Waals surface area contributed by atoms with Crippen LogP contribution in [-0.2, 0) is 14.4 Å². The van der Waals surface area contributed by atoms with E-state index < -0.39 is 12.0 Å². The Morgan fingerprint density at radius 3 is 2.44 bits per heavy atom. The number of hydrogen-bond acceptors (Lipinski definition) is 5. The minimum Gasteiger partial charge on any atom is -0.467 e. The van der Waals surface area contributed by atoms with Gasteiger partial charge in [0.1, 0.15) is 6.04 Å². The van der Waals surface area contributed by atoms with Gasteiger partial charge in [-0.1, -0.05) is 41.9 Å². The van der Waals surface area contributed by atoms with Gasteiger partial charge in [0.25, 0.3) is 5.91 Å². The number of nitrogens with one attached hydrogen (secondary N) is 1. The number of ether oxygens (including phenoxy) is 1. The molecule has 2 aromatic carbocycles. The lowest BCUT2D eigenvalue weighted by Gasteiger charge is -2.21. The van der Waals surface area contributed by atoms with Crippen LogP contribution in [0.4, 0.5) is 0 Å². The molecule has 1 heterocycles. The van der Waals surface area contributed by atoms with Crippen LogP contribution in [-0.4, -0.2) is 37.0 Å². The molecule has 7 heteroatoms. The van der Waals surface area contributed by atoms with Crippen molar-refractivity contribution >= 4 is 23.5 Å². The first-order valence-electron chi connectivity index (χ1n) is 8.30. The molecule has 0 spiro atoms. The largest absolute Gasteiger partial charge is 0.467 e. The van der Waals surface area contributed by atoms with E-state index in [1.807, 2.05) is 36.4 Å². The maximum Gasteiger partial charge on any atom is 0.329 e. The van der Waals surface area contributed by atoms with Crippen LogP contribution in [0.15, 0.2) is 60.4 Å². The number of carbonyl (C=O) groups is 2. The zero-order chi connectivity index (χ0) is 19.4. The third-order valence-corrected chi connectivity index (χ3v) is 4.63. The molecule has 1 amide bonds. The molecule has 0 radical (unpaired) electrons. The van der Waals surface area contributed by atoms with Crippen molar-refractivity contribution in [3.63, 3.8) is 0 Å². The molecule has 1 atom stereocenters. The first-order chi connectivity index (χ1) is 13.0. The van der Waals surface area contributed by atoms with Crippen molar-refractivity contribution in [3.8, 4) is 11.1 Å². The van der Waals surface area contributed by atoms with Crippen LogP contribution in [0.25, 0.3) is 11.1 Å². The Labute approximate surface area is 162 Å². The van der Waals surface area contributed by atoms with Crippen molar-refractivity contribution in [1.29, 1.82) is 0 Å². The van der Waals surface area contributed by atoms with Crippen LogP contribution in [0.2, 0.25) is 5.02 Å². The van der Waals surface area contributed by atoms with Gasteiger partial charge < -0.3 is 4.74 Å². The number of amides is 1. The number of rotatable bonds is 5. The van der Waals surface area contributed by atoms with E-state index in [0.717, 1.165) is 11.1 Å². The molecule has 0 fully saturated rings. The van der Waals surface area contributed by atoms with Gasteiger partial charge in [0.05, 0.1) is 19.9 Å². The average Bonchev–Trinajstić information content (AvgIpc) is 3.11. The maximum atomic E-state index is 12.9. The molecule has 1 aliphatic rings. The molecular formula is C20H19ClN2O4. The summed E-state index contributed by atoms with van der Waals surface area (Å²) in [5.41, 5.74) is 5.53. The van der Waals surface area contributed by atoms with Gasteiger partial charge in [-0.2, -0.15) is 0 Å². The van der Waals surface area contributed by atoms with Gasteiger partial charge in [-0.15, -0.1) is 0 Å². The summed E-state index contributed by atoms with van der Waals surface area (Å²) in [6.45, 7) is 0. The molecule has 2 aromatic rings. The number of halogens is 1. The van der Waals surface area contributed by atoms with Crippen molar-refractivity contribution in [2.75, 3.05) is 14.2 Å². The topological polar surface area (TPSA) is 67.9 Å². The summed E-state index contributed by atoms with van der Waals surface area (Å²) in [6.07, 6.45) is 1.86. The first kappa shape index (κ1) is 18.9. The molecule has 0 saturated heterocycles. The summed E-state index contributed by atoms with van der Waals surface area (Å²) in [6, 6.07) is 13.8. The summed E-state index contributed by atoms with van der Waals surface area (Å²) in [5.74, 6) is -0.788. The lowest BCUT2D eigenvalue weighted by molar-refractivity contribution is -0.144. The lowest BCUT2D eigenvalue weighted by Crippen LogP contribution is -2.39. The number of methoxy groups -OCH3 is 1. The Balaban J connectivity index is 1.85. The predicted octanol–water partition coefficient (Wildman–Crippen LogP) is 3.39. The number of benzene rings is 2. The normalized spacial score (nSPS) is 16.0. The van der Waals surface area contributed by atoms with E-state index in [4.69, 9.17) is 21.2 Å². The Hall–Kier alpha value is -2.83. The van der Waals surface area contributed by atoms with E-state index in [1.165, 1.54) is 19.1 Å². The number of hydrogen-bond donors (Lipinski definition) is 1. The molecule has 1 N–H and O–H groups in total. The Morgan fingerprint density at radius 2 is 1.81 bits per heavy atom. The Morgan fingerprint density at radius 1 is 1.11 bits per heavy atom. The molecule has 0 unspecified atom stereocenters. The molecule has 6 nitrogen and oxygen atoms in total. The number of nitrogens with zero attached hydrogens (tertiary/aromatic N) is 1. The first-order valence-corrected chi connectivity index (χ1v) is 8.68. The molecule has 1 aliphatic heterocycles. The second kappa shape index (κ2) is 8.24. The number of carbonyl (C=O) groups excluding carboxylic acids is 2. The predicted molar refractivity (Wildman–Crippen MR) is 102 cm³/mol. The molecule has 0 bridgehead atoms. The standard InChI is InChI=1S/C20H19ClN2O4/c1-26-20(25)18-11-15(22-27-2)12-23(18)19(24)14-9-7-13(8-10-14)16-5-3-4-6-17(16)21/h3-10,12,18,22H,11H2,1-2H3/t18-/m0/s1. The van der Waals surface area contributed by atoms with Crippen LogP contribution in [0.3, 0.4) is 0 Å². The zero-order valence-electron chi connectivity index (χ0n) is 14.9. The fraction of sp³-hybridized carbons (Fsp3) is 0.200. The van der Waals surface area contributed by atoms with E-state index >= 15 is 0 Å². The zero-order valence-corrected chi connectivity index (χ0v) is 15.7. The van der Waals surface area contributed by atoms with E-state index in [2.05, 4.69) is 5.48 Å². The monoisotopic (exact) mass is 386 g/mol. The van der Waals surface area contributed by atoms with E-state index in [1.54, 1.807) is 18.3 Å². The van der Waals surface area contributed by atoms with Crippen LogP contribution in [0, 0.1) is 0 Å². The SMILES string of the molecule is CONC1=CN(C(=O)c2ccc(-c3ccccc3Cl)cc2)[C@H](C(=O)OC)C1. The van der Waals surface area contributed by atoms with Crippen LogP contribution < -0.4 is 5.48 Å². The van der Waals surface area contributed by atoms with Gasteiger partial charge in [-0.25, -0.2) is 4.79 Å². The summed E-state index contributed by atoms with van der Waals surface area (Å²) in [5, 5.41) is 0.639. The van der Waals surface area contributed by atoms with Gasteiger partial charge in [-0.05, 0) is 23.8 Å². The lowest BCUT2D eigenvalue weighted by atomic mass is 10.0. The van der Waals surface area contributed by atoms with Gasteiger partial charge in [-0.3, -0.25) is 20.0 Å². The van der Waals surface area contributed by atoms with Crippen LogP contribution >= 0.6 is 11.6 Å². The molecule has 0 aromatic heterocycles. The highest BCUT2D eigenvalue weighted by atomic mass is 35.5. The molecular weight excluding hydrogens is 368 g/mol. The second-order valence-electron chi connectivity index (χ2n) is 5.97. The smallest absolute Gasteiger partial charge is 0.329 e. The minimum atomic E-state index is -0.733. The van der Waals surface area contributed by atoms with Gasteiger partial charge in [0.2, 0.25) is 0 Å². The quantitative estimate of drug-likeness (QED) is 0.630. The summed E-state index contributed by atoms with van der Waals surface area (Å²) < 4.78 is 4.82. The fourth-order valence-electron chi connectivity index (χ4n) is 2.99. The molecule has 140 valence electrons. The average molecular weight is 387 g/mol. The van der Waals surface area contributed by atoms with Crippen molar-refractivity contribution in [1.82, 2.24) is 10.4 Å². The van der Waals surface area contributed by atoms with Crippen molar-refractivity contribution in [2.24, 2.45) is 0 Å². The fourth-order valence-corrected chi connectivity index (χ4v) is 3.23. The van der Waals surface area contributed by atoms with Crippen molar-refractivity contribution in [2.45, 2.75) is 12.5 Å². The van der Waals surface area contributed by atoms with Crippen LogP contribution in [0.1, 0.15) is 16.8 Å². The van der Waals surface area contributed by atoms with Crippen molar-refractivity contribution < 1.29 is 19.2 Å². The second-order valence-corrected chi connectivity index (χ2v) is 6.38. The highest BCUT2D eigenvalue weighted by Crippen LogP contribution is 2.29. The van der Waals surface area contributed by atoms with Gasteiger partial charge in [0.15, 0.2) is 0 Å². The Bertz CT molecular complexity index is 880. The summed E-state index contributed by atoms with van der Waals surface area (Å²) >= 11 is 6.23.